The number of benzene rings is 2. The van der Waals surface area contributed by atoms with Gasteiger partial charge in [0.1, 0.15) is 0 Å². The van der Waals surface area contributed by atoms with E-state index in [0.717, 1.165) is 24.2 Å². The summed E-state index contributed by atoms with van der Waals surface area (Å²) in [5.41, 5.74) is 1.28. The third-order valence-electron chi connectivity index (χ3n) is 6.18. The van der Waals surface area contributed by atoms with E-state index < -0.39 is 28.5 Å². The van der Waals surface area contributed by atoms with E-state index in [1.807, 2.05) is 29.4 Å². The number of carbonyl (C=O) groups is 2. The molecular weight excluding hydrogens is 502 g/mol. The van der Waals surface area contributed by atoms with Crippen LogP contribution in [-0.4, -0.2) is 76.9 Å². The van der Waals surface area contributed by atoms with E-state index in [-0.39, 0.29) is 10.5 Å². The molecule has 4 rings (SSSR count). The minimum atomic E-state index is -3.74. The maximum Gasteiger partial charge on any atom is 0.340 e. The Kier molecular flexibility index (Phi) is 8.89. The number of piperidine rings is 1. The third kappa shape index (κ3) is 6.39. The van der Waals surface area contributed by atoms with Crippen molar-refractivity contribution in [1.82, 2.24) is 4.31 Å². The zero-order valence-electron chi connectivity index (χ0n) is 20.3. The summed E-state index contributed by atoms with van der Waals surface area (Å²) < 4.78 is 38.7. The fraction of sp³-hybridized carbons (Fsp3) is 0.440. The Bertz CT molecular complexity index is 1190. The number of esters is 1. The van der Waals surface area contributed by atoms with E-state index in [9.17, 15) is 18.0 Å². The van der Waals surface area contributed by atoms with Crippen LogP contribution in [0.1, 0.15) is 29.6 Å². The number of amides is 1. The molecule has 2 fully saturated rings. The lowest BCUT2D eigenvalue weighted by Gasteiger charge is -2.31. The number of thioether (sulfide) groups is 1. The van der Waals surface area contributed by atoms with Gasteiger partial charge in [-0.3, -0.25) is 4.79 Å². The predicted molar refractivity (Wildman–Crippen MR) is 139 cm³/mol. The number of rotatable bonds is 8. The predicted octanol–water partition coefficient (Wildman–Crippen LogP) is 3.22. The normalized spacial score (nSPS) is 17.0. The maximum atomic E-state index is 13.2. The fourth-order valence-corrected chi connectivity index (χ4v) is 6.28. The number of anilines is 2. The molecule has 36 heavy (non-hydrogen) atoms. The van der Waals surface area contributed by atoms with Gasteiger partial charge in [0.05, 0.1) is 29.4 Å². The molecule has 2 aromatic carbocycles. The third-order valence-corrected chi connectivity index (χ3v) is 8.80. The smallest absolute Gasteiger partial charge is 0.340 e. The van der Waals surface area contributed by atoms with Crippen LogP contribution in [0, 0.1) is 0 Å². The summed E-state index contributed by atoms with van der Waals surface area (Å²) in [6.45, 7) is 2.56. The lowest BCUT2D eigenvalue weighted by molar-refractivity contribution is -0.119. The van der Waals surface area contributed by atoms with Gasteiger partial charge in [-0.05, 0) is 55.5 Å². The van der Waals surface area contributed by atoms with Gasteiger partial charge in [-0.25, -0.2) is 13.2 Å². The molecule has 2 saturated heterocycles. The topological polar surface area (TPSA) is 105 Å². The molecule has 0 radical (unpaired) electrons. The van der Waals surface area contributed by atoms with Crippen molar-refractivity contribution in [3.05, 3.63) is 48.0 Å². The lowest BCUT2D eigenvalue weighted by Crippen LogP contribution is -2.38. The highest BCUT2D eigenvalue weighted by Gasteiger charge is 2.29. The molecule has 1 N–H and O–H groups in total. The molecule has 11 heteroatoms. The molecule has 2 heterocycles. The largest absolute Gasteiger partial charge is 0.452 e. The molecule has 2 aliphatic heterocycles. The van der Waals surface area contributed by atoms with Crippen molar-refractivity contribution in [2.24, 2.45) is 0 Å². The number of nitrogens with zero attached hydrogens (tertiary/aromatic N) is 2. The molecule has 0 unspecified atom stereocenters. The Balaban J connectivity index is 1.53. The molecule has 194 valence electrons. The van der Waals surface area contributed by atoms with Gasteiger partial charge in [0.15, 0.2) is 6.61 Å². The van der Waals surface area contributed by atoms with Crippen molar-refractivity contribution in [2.45, 2.75) is 29.1 Å². The molecule has 9 nitrogen and oxygen atoms in total. The van der Waals surface area contributed by atoms with E-state index in [2.05, 4.69) is 5.32 Å². The number of morpholine rings is 1. The zero-order valence-corrected chi connectivity index (χ0v) is 21.9. The fourth-order valence-electron chi connectivity index (χ4n) is 4.28. The van der Waals surface area contributed by atoms with Crippen LogP contribution in [0.5, 0.6) is 0 Å². The highest BCUT2D eigenvalue weighted by molar-refractivity contribution is 7.98. The first-order valence-corrected chi connectivity index (χ1v) is 14.6. The number of nitrogens with one attached hydrogen (secondary N) is 1. The minimum Gasteiger partial charge on any atom is -0.452 e. The summed E-state index contributed by atoms with van der Waals surface area (Å²) in [7, 11) is -3.74. The second kappa shape index (κ2) is 12.1. The van der Waals surface area contributed by atoms with Crippen LogP contribution in [0.25, 0.3) is 0 Å². The van der Waals surface area contributed by atoms with Gasteiger partial charge in [0.2, 0.25) is 10.0 Å². The van der Waals surface area contributed by atoms with Crippen LogP contribution in [0.2, 0.25) is 0 Å². The van der Waals surface area contributed by atoms with Crippen molar-refractivity contribution in [1.29, 1.82) is 0 Å². The quantitative estimate of drug-likeness (QED) is 0.407. The lowest BCUT2D eigenvalue weighted by atomic mass is 10.1. The molecule has 0 spiro atoms. The molecule has 2 aromatic rings. The summed E-state index contributed by atoms with van der Waals surface area (Å²) in [5, 5.41) is 2.72. The number of hydrogen-bond donors (Lipinski definition) is 1. The van der Waals surface area contributed by atoms with Gasteiger partial charge >= 0.3 is 5.97 Å². The number of ether oxygens (including phenoxy) is 2. The van der Waals surface area contributed by atoms with E-state index in [4.69, 9.17) is 9.47 Å². The van der Waals surface area contributed by atoms with E-state index in [1.54, 1.807) is 23.9 Å². The summed E-state index contributed by atoms with van der Waals surface area (Å²) in [4.78, 5) is 28.6. The van der Waals surface area contributed by atoms with Crippen LogP contribution in [0.3, 0.4) is 0 Å². The summed E-state index contributed by atoms with van der Waals surface area (Å²) in [5.74, 6) is -1.23. The van der Waals surface area contributed by atoms with Gasteiger partial charge in [-0.2, -0.15) is 4.31 Å². The highest BCUT2D eigenvalue weighted by atomic mass is 32.2. The summed E-state index contributed by atoms with van der Waals surface area (Å²) in [6.07, 6.45) is 4.57. The SMILES string of the molecule is CSc1cccc(NC(=O)COC(=O)c2cc(S(=O)(=O)N3CCCCC3)ccc2N2CCOCC2)c1. The molecule has 0 bridgehead atoms. The van der Waals surface area contributed by atoms with E-state index in [0.29, 0.717) is 50.8 Å². The standard InChI is InChI=1S/C25H31N3O6S2/c1-35-20-7-5-6-19(16-20)26-24(29)18-34-25(30)22-17-21(36(31,32)28-10-3-2-4-11-28)8-9-23(22)27-12-14-33-15-13-27/h5-9,16-17H,2-4,10-15,18H2,1H3,(H,26,29). The minimum absolute atomic E-state index is 0.0479. The van der Waals surface area contributed by atoms with Crippen LogP contribution in [-0.2, 0) is 24.3 Å². The Hall–Kier alpha value is -2.60. The average Bonchev–Trinajstić information content (AvgIpc) is 2.92. The number of carbonyl (C=O) groups excluding carboxylic acids is 2. The monoisotopic (exact) mass is 533 g/mol. The van der Waals surface area contributed by atoms with Gasteiger partial charge in [-0.1, -0.05) is 12.5 Å². The van der Waals surface area contributed by atoms with Gasteiger partial charge in [0.25, 0.3) is 5.91 Å². The molecule has 2 aliphatic rings. The number of hydrogen-bond acceptors (Lipinski definition) is 8. The summed E-state index contributed by atoms with van der Waals surface area (Å²) in [6, 6.07) is 11.9. The highest BCUT2D eigenvalue weighted by Crippen LogP contribution is 2.29. The number of sulfonamides is 1. The second-order valence-electron chi connectivity index (χ2n) is 8.60. The molecule has 0 saturated carbocycles. The average molecular weight is 534 g/mol. The first-order valence-electron chi connectivity index (χ1n) is 12.0. The van der Waals surface area contributed by atoms with Crippen molar-refractivity contribution in [3.63, 3.8) is 0 Å². The van der Waals surface area contributed by atoms with Gasteiger partial charge < -0.3 is 19.7 Å². The van der Waals surface area contributed by atoms with Gasteiger partial charge in [0, 0.05) is 36.8 Å². The van der Waals surface area contributed by atoms with Crippen LogP contribution < -0.4 is 10.2 Å². The van der Waals surface area contributed by atoms with Crippen molar-refractivity contribution in [3.8, 4) is 0 Å². The van der Waals surface area contributed by atoms with Crippen molar-refractivity contribution in [2.75, 3.05) is 62.5 Å². The maximum absolute atomic E-state index is 13.2. The zero-order chi connectivity index (χ0) is 25.5. The van der Waals surface area contributed by atoms with Crippen LogP contribution >= 0.6 is 11.8 Å². The molecule has 0 aliphatic carbocycles. The Morgan fingerprint density at radius 3 is 2.50 bits per heavy atom. The first kappa shape index (κ1) is 26.5. The summed E-state index contributed by atoms with van der Waals surface area (Å²) >= 11 is 1.55. The van der Waals surface area contributed by atoms with Gasteiger partial charge in [-0.15, -0.1) is 11.8 Å². The molecule has 0 aromatic heterocycles. The Morgan fingerprint density at radius 2 is 1.78 bits per heavy atom. The van der Waals surface area contributed by atoms with E-state index >= 15 is 0 Å². The van der Waals surface area contributed by atoms with Crippen molar-refractivity contribution >= 4 is 45.0 Å². The Morgan fingerprint density at radius 1 is 1.03 bits per heavy atom. The first-order chi connectivity index (χ1) is 17.4. The van der Waals surface area contributed by atoms with Crippen molar-refractivity contribution < 1.29 is 27.5 Å². The van der Waals surface area contributed by atoms with Crippen LogP contribution in [0.15, 0.2) is 52.3 Å². The Labute approximate surface area is 216 Å². The molecule has 0 atom stereocenters. The van der Waals surface area contributed by atoms with Crippen LogP contribution in [0.4, 0.5) is 11.4 Å². The second-order valence-corrected chi connectivity index (χ2v) is 11.4. The molecular formula is C25H31N3O6S2. The molecule has 1 amide bonds. The van der Waals surface area contributed by atoms with E-state index in [1.165, 1.54) is 16.4 Å².